The van der Waals surface area contributed by atoms with Crippen molar-refractivity contribution in [1.29, 1.82) is 0 Å². The van der Waals surface area contributed by atoms with Gasteiger partial charge in [-0.1, -0.05) is 24.1 Å². The van der Waals surface area contributed by atoms with Crippen LogP contribution in [-0.2, 0) is 9.59 Å². The molecule has 1 rings (SSSR count). The van der Waals surface area contributed by atoms with Crippen molar-refractivity contribution in [3.05, 3.63) is 30.3 Å². The van der Waals surface area contributed by atoms with Gasteiger partial charge in [0.05, 0.1) is 6.42 Å². The van der Waals surface area contributed by atoms with Gasteiger partial charge in [0, 0.05) is 5.69 Å². The largest absolute Gasteiger partial charge is 0.480 e. The maximum atomic E-state index is 11.6. The van der Waals surface area contributed by atoms with E-state index in [1.165, 1.54) is 0 Å². The predicted octanol–water partition coefficient (Wildman–Crippen LogP) is 1.13. The highest BCUT2D eigenvalue weighted by molar-refractivity contribution is 5.98. The summed E-state index contributed by atoms with van der Waals surface area (Å²) >= 11 is 0. The Labute approximate surface area is 93.5 Å². The lowest BCUT2D eigenvalue weighted by atomic mass is 10.2. The maximum absolute atomic E-state index is 11.6. The monoisotopic (exact) mass is 217 g/mol. The molecule has 0 atom stereocenters. The van der Waals surface area contributed by atoms with Gasteiger partial charge >= 0.3 is 5.97 Å². The summed E-state index contributed by atoms with van der Waals surface area (Å²) in [6, 6.07) is 8.57. The first kappa shape index (κ1) is 11.8. The van der Waals surface area contributed by atoms with Crippen LogP contribution in [0, 0.1) is 12.3 Å². The number of terminal acetylenes is 1. The Hall–Kier alpha value is -2.28. The highest BCUT2D eigenvalue weighted by Crippen LogP contribution is 2.13. The van der Waals surface area contributed by atoms with Gasteiger partial charge in [-0.3, -0.25) is 9.59 Å². The van der Waals surface area contributed by atoms with E-state index in [9.17, 15) is 9.59 Å². The molecule has 0 saturated carbocycles. The molecule has 0 spiro atoms. The minimum Gasteiger partial charge on any atom is -0.480 e. The summed E-state index contributed by atoms with van der Waals surface area (Å²) in [6.45, 7) is -0.384. The second-order valence-corrected chi connectivity index (χ2v) is 3.09. The van der Waals surface area contributed by atoms with E-state index in [0.717, 1.165) is 4.90 Å². The molecule has 4 nitrogen and oxygen atoms in total. The molecule has 4 heteroatoms. The van der Waals surface area contributed by atoms with E-state index >= 15 is 0 Å². The van der Waals surface area contributed by atoms with Crippen molar-refractivity contribution in [2.45, 2.75) is 6.42 Å². The summed E-state index contributed by atoms with van der Waals surface area (Å²) in [5.74, 6) is 0.740. The number of aliphatic carboxylic acids is 1. The first-order chi connectivity index (χ1) is 7.65. The molecular weight excluding hydrogens is 206 g/mol. The number of carbonyl (C=O) groups excluding carboxylic acids is 1. The molecule has 1 amide bonds. The van der Waals surface area contributed by atoms with Gasteiger partial charge in [0.15, 0.2) is 0 Å². The average Bonchev–Trinajstić information content (AvgIpc) is 2.27. The Bertz CT molecular complexity index is 420. The van der Waals surface area contributed by atoms with Crippen LogP contribution in [0.2, 0.25) is 0 Å². The lowest BCUT2D eigenvalue weighted by Crippen LogP contribution is -2.35. The smallest absolute Gasteiger partial charge is 0.323 e. The van der Waals surface area contributed by atoms with Crippen molar-refractivity contribution < 1.29 is 14.7 Å². The topological polar surface area (TPSA) is 57.6 Å². The fraction of sp³-hybridized carbons (Fsp3) is 0.167. The number of amides is 1. The Morgan fingerprint density at radius 2 is 1.94 bits per heavy atom. The molecule has 0 radical (unpaired) electrons. The summed E-state index contributed by atoms with van der Waals surface area (Å²) < 4.78 is 0. The summed E-state index contributed by atoms with van der Waals surface area (Å²) in [7, 11) is 0. The van der Waals surface area contributed by atoms with Crippen molar-refractivity contribution in [3.63, 3.8) is 0 Å². The minimum absolute atomic E-state index is 0.109. The number of rotatable bonds is 4. The molecule has 1 N–H and O–H groups in total. The van der Waals surface area contributed by atoms with Crippen molar-refractivity contribution in [2.24, 2.45) is 0 Å². The number of carbonyl (C=O) groups is 2. The second-order valence-electron chi connectivity index (χ2n) is 3.09. The number of para-hydroxylation sites is 1. The summed E-state index contributed by atoms with van der Waals surface area (Å²) in [5, 5.41) is 8.72. The molecule has 0 saturated heterocycles. The molecule has 1 aromatic rings. The van der Waals surface area contributed by atoms with Crippen LogP contribution in [0.15, 0.2) is 30.3 Å². The van der Waals surface area contributed by atoms with E-state index in [1.54, 1.807) is 30.3 Å². The van der Waals surface area contributed by atoms with E-state index in [0.29, 0.717) is 5.69 Å². The predicted molar refractivity (Wildman–Crippen MR) is 59.9 cm³/mol. The van der Waals surface area contributed by atoms with Crippen molar-refractivity contribution in [2.75, 3.05) is 11.4 Å². The van der Waals surface area contributed by atoms with Crippen LogP contribution in [0.1, 0.15) is 6.42 Å². The molecule has 16 heavy (non-hydrogen) atoms. The standard InChI is InChI=1S/C12H11NO3/c1-2-6-11(14)13(9-12(15)16)10-7-4-3-5-8-10/h1,3-5,7-8H,6,9H2,(H,15,16). The van der Waals surface area contributed by atoms with Gasteiger partial charge < -0.3 is 10.0 Å². The molecular formula is C12H11NO3. The van der Waals surface area contributed by atoms with Gasteiger partial charge in [-0.05, 0) is 12.1 Å². The molecule has 0 aliphatic carbocycles. The number of hydrogen-bond acceptors (Lipinski definition) is 2. The van der Waals surface area contributed by atoms with E-state index < -0.39 is 11.9 Å². The first-order valence-electron chi connectivity index (χ1n) is 4.66. The second kappa shape index (κ2) is 5.56. The van der Waals surface area contributed by atoms with Gasteiger partial charge in [0.1, 0.15) is 6.54 Å². The lowest BCUT2D eigenvalue weighted by molar-refractivity contribution is -0.136. The van der Waals surface area contributed by atoms with E-state index in [1.807, 2.05) is 0 Å². The zero-order valence-electron chi connectivity index (χ0n) is 8.59. The fourth-order valence-corrected chi connectivity index (χ4v) is 1.25. The number of nitrogens with zero attached hydrogens (tertiary/aromatic N) is 1. The number of carboxylic acids is 1. The molecule has 0 bridgehead atoms. The molecule has 0 unspecified atom stereocenters. The van der Waals surface area contributed by atoms with Crippen molar-refractivity contribution in [1.82, 2.24) is 0 Å². The van der Waals surface area contributed by atoms with Crippen molar-refractivity contribution in [3.8, 4) is 12.3 Å². The highest BCUT2D eigenvalue weighted by Gasteiger charge is 2.17. The SMILES string of the molecule is C#CCC(=O)N(CC(=O)O)c1ccccc1. The lowest BCUT2D eigenvalue weighted by Gasteiger charge is -2.19. The van der Waals surface area contributed by atoms with Gasteiger partial charge in [0.25, 0.3) is 0 Å². The Morgan fingerprint density at radius 1 is 1.31 bits per heavy atom. The van der Waals surface area contributed by atoms with E-state index in [2.05, 4.69) is 5.92 Å². The van der Waals surface area contributed by atoms with Gasteiger partial charge in [-0.25, -0.2) is 0 Å². The van der Waals surface area contributed by atoms with Gasteiger partial charge in [0.2, 0.25) is 5.91 Å². The molecule has 0 heterocycles. The molecule has 0 aliphatic heterocycles. The van der Waals surface area contributed by atoms with E-state index in [-0.39, 0.29) is 13.0 Å². The Morgan fingerprint density at radius 3 is 2.44 bits per heavy atom. The first-order valence-corrected chi connectivity index (χ1v) is 4.66. The zero-order valence-corrected chi connectivity index (χ0v) is 8.59. The zero-order chi connectivity index (χ0) is 12.0. The minimum atomic E-state index is -1.07. The van der Waals surface area contributed by atoms with Crippen LogP contribution in [0.4, 0.5) is 5.69 Å². The average molecular weight is 217 g/mol. The number of carboxylic acid groups (broad SMARTS) is 1. The third-order valence-corrected chi connectivity index (χ3v) is 1.92. The molecule has 1 aromatic carbocycles. The summed E-state index contributed by atoms with van der Waals surface area (Å²) in [5.41, 5.74) is 0.533. The van der Waals surface area contributed by atoms with Gasteiger partial charge in [-0.15, -0.1) is 6.42 Å². The summed E-state index contributed by atoms with van der Waals surface area (Å²) in [6.07, 6.45) is 4.92. The van der Waals surface area contributed by atoms with Crippen LogP contribution in [-0.4, -0.2) is 23.5 Å². The quantitative estimate of drug-likeness (QED) is 0.769. The summed E-state index contributed by atoms with van der Waals surface area (Å²) in [4.78, 5) is 23.4. The molecule has 0 aliphatic rings. The van der Waals surface area contributed by atoms with Gasteiger partial charge in [-0.2, -0.15) is 0 Å². The Balaban J connectivity index is 2.92. The molecule has 0 aromatic heterocycles. The number of anilines is 1. The molecule has 82 valence electrons. The third kappa shape index (κ3) is 3.14. The van der Waals surface area contributed by atoms with Crippen LogP contribution in [0.3, 0.4) is 0 Å². The third-order valence-electron chi connectivity index (χ3n) is 1.92. The fourth-order valence-electron chi connectivity index (χ4n) is 1.25. The van der Waals surface area contributed by atoms with Crippen LogP contribution in [0.25, 0.3) is 0 Å². The normalized spacial score (nSPS) is 9.19. The van der Waals surface area contributed by atoms with Crippen molar-refractivity contribution >= 4 is 17.6 Å². The van der Waals surface area contributed by atoms with Crippen LogP contribution >= 0.6 is 0 Å². The number of benzene rings is 1. The molecule has 0 fully saturated rings. The highest BCUT2D eigenvalue weighted by atomic mass is 16.4. The Kier molecular flexibility index (Phi) is 4.10. The van der Waals surface area contributed by atoms with Crippen LogP contribution in [0.5, 0.6) is 0 Å². The maximum Gasteiger partial charge on any atom is 0.323 e. The van der Waals surface area contributed by atoms with E-state index in [4.69, 9.17) is 11.5 Å². The number of hydrogen-bond donors (Lipinski definition) is 1. The van der Waals surface area contributed by atoms with Crippen LogP contribution < -0.4 is 4.90 Å².